The van der Waals surface area contributed by atoms with E-state index in [1.807, 2.05) is 30.5 Å². The summed E-state index contributed by atoms with van der Waals surface area (Å²) in [6.45, 7) is 0.942. The number of ether oxygens (including phenoxy) is 3. The first-order valence-corrected chi connectivity index (χ1v) is 10.4. The molecule has 2 aromatic heterocycles. The smallest absolute Gasteiger partial charge is 0.260 e. The summed E-state index contributed by atoms with van der Waals surface area (Å²) in [4.78, 5) is 19.9. The van der Waals surface area contributed by atoms with E-state index in [1.54, 1.807) is 55.3 Å². The van der Waals surface area contributed by atoms with Gasteiger partial charge in [0.25, 0.3) is 5.91 Å². The quantitative estimate of drug-likeness (QED) is 0.416. The zero-order valence-corrected chi connectivity index (χ0v) is 18.3. The van der Waals surface area contributed by atoms with Crippen LogP contribution >= 0.6 is 11.3 Å². The van der Waals surface area contributed by atoms with Gasteiger partial charge in [0.15, 0.2) is 16.6 Å². The van der Waals surface area contributed by atoms with Crippen LogP contribution < -0.4 is 19.1 Å². The molecule has 2 heterocycles. The Morgan fingerprint density at radius 2 is 1.90 bits per heavy atom. The van der Waals surface area contributed by atoms with Crippen molar-refractivity contribution in [2.45, 2.75) is 6.54 Å². The van der Waals surface area contributed by atoms with Crippen molar-refractivity contribution in [3.63, 3.8) is 0 Å². The molecule has 0 saturated carbocycles. The molecule has 0 fully saturated rings. The van der Waals surface area contributed by atoms with Crippen LogP contribution in [0.5, 0.6) is 17.2 Å². The van der Waals surface area contributed by atoms with Crippen molar-refractivity contribution in [1.82, 2.24) is 14.8 Å². The number of anilines is 1. The standard InChI is InChI=1S/C22H22N4O4S/c1-28-16-6-7-17-20(14-16)31-22(24-17)26(12-11-25-10-4-9-23-25)21(27)15-5-8-18(29-2)19(13-15)30-3/h4-10,13-14H,11-12H2,1-3H3. The van der Waals surface area contributed by atoms with E-state index >= 15 is 0 Å². The van der Waals surface area contributed by atoms with Gasteiger partial charge in [-0.2, -0.15) is 5.10 Å². The van der Waals surface area contributed by atoms with Crippen molar-refractivity contribution < 1.29 is 19.0 Å². The molecule has 0 aliphatic carbocycles. The lowest BCUT2D eigenvalue weighted by Crippen LogP contribution is -2.34. The SMILES string of the molecule is COc1ccc2nc(N(CCn3cccn3)C(=O)c3ccc(OC)c(OC)c3)sc2c1. The molecule has 0 spiro atoms. The Kier molecular flexibility index (Phi) is 6.03. The van der Waals surface area contributed by atoms with Gasteiger partial charge in [0.05, 0.1) is 38.1 Å². The van der Waals surface area contributed by atoms with Crippen molar-refractivity contribution >= 4 is 32.6 Å². The van der Waals surface area contributed by atoms with E-state index in [0.29, 0.717) is 35.3 Å². The zero-order chi connectivity index (χ0) is 21.8. The molecule has 1 amide bonds. The second-order valence-electron chi connectivity index (χ2n) is 6.63. The number of methoxy groups -OCH3 is 3. The van der Waals surface area contributed by atoms with Crippen molar-refractivity contribution in [1.29, 1.82) is 0 Å². The van der Waals surface area contributed by atoms with Gasteiger partial charge in [-0.25, -0.2) is 4.98 Å². The lowest BCUT2D eigenvalue weighted by Gasteiger charge is -2.20. The Bertz CT molecular complexity index is 1190. The van der Waals surface area contributed by atoms with Crippen molar-refractivity contribution in [2.24, 2.45) is 0 Å². The Hall–Kier alpha value is -3.59. The molecule has 0 N–H and O–H groups in total. The summed E-state index contributed by atoms with van der Waals surface area (Å²) >= 11 is 1.44. The van der Waals surface area contributed by atoms with Gasteiger partial charge in [0.2, 0.25) is 0 Å². The van der Waals surface area contributed by atoms with Crippen molar-refractivity contribution in [2.75, 3.05) is 32.8 Å². The predicted octanol–water partition coefficient (Wildman–Crippen LogP) is 3.87. The molecule has 4 aromatic rings. The van der Waals surface area contributed by atoms with Crippen LogP contribution in [0.4, 0.5) is 5.13 Å². The molecule has 0 unspecified atom stereocenters. The summed E-state index contributed by atoms with van der Waals surface area (Å²) in [7, 11) is 4.73. The van der Waals surface area contributed by atoms with Crippen LogP contribution in [0, 0.1) is 0 Å². The Morgan fingerprint density at radius 3 is 2.61 bits per heavy atom. The van der Waals surface area contributed by atoms with E-state index in [1.165, 1.54) is 11.3 Å². The normalized spacial score (nSPS) is 10.8. The maximum atomic E-state index is 13.5. The fraction of sp³-hybridized carbons (Fsp3) is 0.227. The van der Waals surface area contributed by atoms with Crippen LogP contribution in [0.1, 0.15) is 10.4 Å². The van der Waals surface area contributed by atoms with E-state index in [9.17, 15) is 4.79 Å². The maximum Gasteiger partial charge on any atom is 0.260 e. The number of amides is 1. The lowest BCUT2D eigenvalue weighted by atomic mass is 10.1. The molecule has 9 heteroatoms. The molecular weight excluding hydrogens is 416 g/mol. The summed E-state index contributed by atoms with van der Waals surface area (Å²) in [5.74, 6) is 1.62. The van der Waals surface area contributed by atoms with Crippen LogP contribution in [0.2, 0.25) is 0 Å². The first-order valence-electron chi connectivity index (χ1n) is 9.59. The molecule has 0 aliphatic heterocycles. The first kappa shape index (κ1) is 20.7. The molecule has 0 aliphatic rings. The molecule has 0 bridgehead atoms. The number of aromatic nitrogens is 3. The highest BCUT2D eigenvalue weighted by molar-refractivity contribution is 7.22. The van der Waals surface area contributed by atoms with E-state index in [2.05, 4.69) is 5.10 Å². The number of carbonyl (C=O) groups excluding carboxylic acids is 1. The second kappa shape index (κ2) is 9.05. The van der Waals surface area contributed by atoms with Gasteiger partial charge in [0.1, 0.15) is 5.75 Å². The van der Waals surface area contributed by atoms with Crippen molar-refractivity contribution in [3.05, 3.63) is 60.4 Å². The summed E-state index contributed by atoms with van der Waals surface area (Å²) in [6.07, 6.45) is 3.58. The van der Waals surface area contributed by atoms with Gasteiger partial charge in [-0.3, -0.25) is 14.4 Å². The van der Waals surface area contributed by atoms with E-state index in [4.69, 9.17) is 19.2 Å². The molecular formula is C22H22N4O4S. The topological polar surface area (TPSA) is 78.7 Å². The second-order valence-corrected chi connectivity index (χ2v) is 7.63. The average Bonchev–Trinajstić information content (AvgIpc) is 3.47. The van der Waals surface area contributed by atoms with Crippen LogP contribution in [-0.2, 0) is 6.54 Å². The highest BCUT2D eigenvalue weighted by Crippen LogP contribution is 2.33. The number of hydrogen-bond donors (Lipinski definition) is 0. The molecule has 31 heavy (non-hydrogen) atoms. The molecule has 0 saturated heterocycles. The fourth-order valence-corrected chi connectivity index (χ4v) is 4.20. The Balaban J connectivity index is 1.70. The highest BCUT2D eigenvalue weighted by Gasteiger charge is 2.23. The molecule has 0 radical (unpaired) electrons. The number of fused-ring (bicyclic) bond motifs is 1. The largest absolute Gasteiger partial charge is 0.497 e. The maximum absolute atomic E-state index is 13.5. The minimum Gasteiger partial charge on any atom is -0.497 e. The number of rotatable bonds is 8. The van der Waals surface area contributed by atoms with E-state index < -0.39 is 0 Å². The third-order valence-corrected chi connectivity index (χ3v) is 5.84. The minimum atomic E-state index is -0.181. The van der Waals surface area contributed by atoms with Gasteiger partial charge in [-0.05, 0) is 42.5 Å². The number of carbonyl (C=O) groups is 1. The summed E-state index contributed by atoms with van der Waals surface area (Å²) in [6, 6.07) is 12.6. The van der Waals surface area contributed by atoms with Crippen LogP contribution in [-0.4, -0.2) is 48.5 Å². The summed E-state index contributed by atoms with van der Waals surface area (Å²) in [5, 5.41) is 4.84. The predicted molar refractivity (Wildman–Crippen MR) is 120 cm³/mol. The van der Waals surface area contributed by atoms with Crippen LogP contribution in [0.15, 0.2) is 54.9 Å². The minimum absolute atomic E-state index is 0.181. The van der Waals surface area contributed by atoms with E-state index in [-0.39, 0.29) is 5.91 Å². The third-order valence-electron chi connectivity index (χ3n) is 4.80. The third kappa shape index (κ3) is 4.31. The van der Waals surface area contributed by atoms with Gasteiger partial charge in [-0.15, -0.1) is 0 Å². The number of nitrogens with zero attached hydrogens (tertiary/aromatic N) is 4. The molecule has 0 atom stereocenters. The number of hydrogen-bond acceptors (Lipinski definition) is 7. The van der Waals surface area contributed by atoms with Gasteiger partial charge in [-0.1, -0.05) is 11.3 Å². The lowest BCUT2D eigenvalue weighted by molar-refractivity contribution is 0.0985. The monoisotopic (exact) mass is 438 g/mol. The molecule has 2 aromatic carbocycles. The number of thiazole rings is 1. The van der Waals surface area contributed by atoms with Crippen molar-refractivity contribution in [3.8, 4) is 17.2 Å². The molecule has 160 valence electrons. The van der Waals surface area contributed by atoms with Gasteiger partial charge >= 0.3 is 0 Å². The van der Waals surface area contributed by atoms with Gasteiger partial charge in [0, 0.05) is 24.5 Å². The first-order chi connectivity index (χ1) is 15.1. The fourth-order valence-electron chi connectivity index (χ4n) is 3.18. The zero-order valence-electron chi connectivity index (χ0n) is 17.4. The molecule has 8 nitrogen and oxygen atoms in total. The van der Waals surface area contributed by atoms with E-state index in [0.717, 1.165) is 16.0 Å². The molecule has 4 rings (SSSR count). The van der Waals surface area contributed by atoms with Crippen LogP contribution in [0.25, 0.3) is 10.2 Å². The highest BCUT2D eigenvalue weighted by atomic mass is 32.1. The number of benzene rings is 2. The summed E-state index contributed by atoms with van der Waals surface area (Å²) in [5.41, 5.74) is 1.29. The summed E-state index contributed by atoms with van der Waals surface area (Å²) < 4.78 is 18.7. The Morgan fingerprint density at radius 1 is 1.06 bits per heavy atom. The van der Waals surface area contributed by atoms with Gasteiger partial charge < -0.3 is 14.2 Å². The van der Waals surface area contributed by atoms with Crippen LogP contribution in [0.3, 0.4) is 0 Å². The average molecular weight is 439 g/mol. The Labute approximate surface area is 183 Å².